The molecular formula is C12H10N2O4S. The van der Waals surface area contributed by atoms with Crippen LogP contribution in [0.3, 0.4) is 0 Å². The minimum Gasteiger partial charge on any atom is -0.480 e. The van der Waals surface area contributed by atoms with Crippen molar-refractivity contribution in [3.63, 3.8) is 0 Å². The second-order valence-electron chi connectivity index (χ2n) is 3.75. The molecule has 0 bridgehead atoms. The van der Waals surface area contributed by atoms with Gasteiger partial charge >= 0.3 is 5.69 Å². The van der Waals surface area contributed by atoms with Crippen LogP contribution in [0, 0.1) is 17.0 Å². The highest BCUT2D eigenvalue weighted by atomic mass is 32.1. The van der Waals surface area contributed by atoms with Crippen LogP contribution >= 0.6 is 11.3 Å². The predicted molar refractivity (Wildman–Crippen MR) is 69.7 cm³/mol. The smallest absolute Gasteiger partial charge is 0.310 e. The van der Waals surface area contributed by atoms with Gasteiger partial charge in [0.15, 0.2) is 5.75 Å². The van der Waals surface area contributed by atoms with Gasteiger partial charge < -0.3 is 4.74 Å². The predicted octanol–water partition coefficient (Wildman–Crippen LogP) is 2.75. The lowest BCUT2D eigenvalue weighted by Gasteiger charge is -2.05. The molecule has 6 nitrogen and oxygen atoms in total. The minimum absolute atomic E-state index is 0.0697. The Balaban J connectivity index is 2.22. The summed E-state index contributed by atoms with van der Waals surface area (Å²) in [7, 11) is 0. The van der Waals surface area contributed by atoms with E-state index < -0.39 is 4.92 Å². The average molecular weight is 278 g/mol. The molecule has 2 rings (SSSR count). The second kappa shape index (κ2) is 5.57. The van der Waals surface area contributed by atoms with E-state index >= 15 is 0 Å². The third-order valence-electron chi connectivity index (χ3n) is 2.36. The van der Waals surface area contributed by atoms with E-state index in [9.17, 15) is 14.9 Å². The molecule has 1 aromatic heterocycles. The standard InChI is InChI=1S/C12H10N2O4S/c1-8-13-10(7-19-8)6-18-12-4-9(5-15)2-3-11(12)14(16)17/h2-5,7H,6H2,1H3. The number of nitrogens with zero attached hydrogens (tertiary/aromatic N) is 2. The van der Waals surface area contributed by atoms with E-state index in [0.717, 1.165) is 5.01 Å². The lowest BCUT2D eigenvalue weighted by atomic mass is 10.2. The zero-order chi connectivity index (χ0) is 13.8. The first-order valence-corrected chi connectivity index (χ1v) is 6.25. The highest BCUT2D eigenvalue weighted by Crippen LogP contribution is 2.28. The largest absolute Gasteiger partial charge is 0.480 e. The minimum atomic E-state index is -0.545. The van der Waals surface area contributed by atoms with Gasteiger partial charge in [-0.25, -0.2) is 4.98 Å². The second-order valence-corrected chi connectivity index (χ2v) is 4.81. The number of ether oxygens (including phenoxy) is 1. The van der Waals surface area contributed by atoms with E-state index in [0.29, 0.717) is 17.5 Å². The van der Waals surface area contributed by atoms with Gasteiger partial charge in [0.25, 0.3) is 0 Å². The van der Waals surface area contributed by atoms with Gasteiger partial charge in [-0.1, -0.05) is 0 Å². The molecule has 0 unspecified atom stereocenters. The highest BCUT2D eigenvalue weighted by molar-refractivity contribution is 7.09. The third kappa shape index (κ3) is 3.14. The van der Waals surface area contributed by atoms with Crippen LogP contribution in [0.15, 0.2) is 23.6 Å². The van der Waals surface area contributed by atoms with Crippen LogP contribution in [0.2, 0.25) is 0 Å². The number of hydrogen-bond acceptors (Lipinski definition) is 6. The maximum Gasteiger partial charge on any atom is 0.310 e. The molecule has 0 radical (unpaired) electrons. The Kier molecular flexibility index (Phi) is 3.86. The Hall–Kier alpha value is -2.28. The molecule has 1 heterocycles. The first-order valence-electron chi connectivity index (χ1n) is 5.37. The Morgan fingerprint density at radius 1 is 1.53 bits per heavy atom. The van der Waals surface area contributed by atoms with Crippen molar-refractivity contribution in [3.05, 3.63) is 50.0 Å². The van der Waals surface area contributed by atoms with E-state index in [2.05, 4.69) is 4.98 Å². The van der Waals surface area contributed by atoms with Crippen molar-refractivity contribution in [2.24, 2.45) is 0 Å². The molecule has 0 atom stereocenters. The Morgan fingerprint density at radius 2 is 2.32 bits per heavy atom. The van der Waals surface area contributed by atoms with Gasteiger partial charge in [-0.2, -0.15) is 0 Å². The number of aromatic nitrogens is 1. The summed E-state index contributed by atoms with van der Waals surface area (Å²) in [5.74, 6) is 0.0697. The molecule has 0 saturated heterocycles. The first-order chi connectivity index (χ1) is 9.10. The van der Waals surface area contributed by atoms with Crippen molar-refractivity contribution in [2.45, 2.75) is 13.5 Å². The van der Waals surface area contributed by atoms with Gasteiger partial charge in [0, 0.05) is 17.0 Å². The zero-order valence-electron chi connectivity index (χ0n) is 10.0. The first kappa shape index (κ1) is 13.2. The molecule has 7 heteroatoms. The number of aryl methyl sites for hydroxylation is 1. The van der Waals surface area contributed by atoms with E-state index in [4.69, 9.17) is 4.74 Å². The van der Waals surface area contributed by atoms with Crippen LogP contribution in [0.25, 0.3) is 0 Å². The van der Waals surface area contributed by atoms with Crippen molar-refractivity contribution in [1.29, 1.82) is 0 Å². The molecule has 0 spiro atoms. The van der Waals surface area contributed by atoms with Crippen molar-refractivity contribution in [3.8, 4) is 5.75 Å². The number of rotatable bonds is 5. The van der Waals surface area contributed by atoms with E-state index in [1.165, 1.54) is 29.5 Å². The number of hydrogen-bond donors (Lipinski definition) is 0. The van der Waals surface area contributed by atoms with Crippen LogP contribution in [0.4, 0.5) is 5.69 Å². The van der Waals surface area contributed by atoms with Gasteiger partial charge in [-0.3, -0.25) is 14.9 Å². The summed E-state index contributed by atoms with van der Waals surface area (Å²) in [6.45, 7) is 2.00. The Bertz CT molecular complexity index is 624. The normalized spacial score (nSPS) is 10.2. The SMILES string of the molecule is Cc1nc(COc2cc(C=O)ccc2[N+](=O)[O-])cs1. The van der Waals surface area contributed by atoms with Crippen LogP contribution in [0.5, 0.6) is 5.75 Å². The van der Waals surface area contributed by atoms with Gasteiger partial charge in [-0.05, 0) is 19.1 Å². The molecule has 0 aliphatic heterocycles. The monoisotopic (exact) mass is 278 g/mol. The molecule has 1 aromatic carbocycles. The number of carbonyl (C=O) groups excluding carboxylic acids is 1. The molecule has 98 valence electrons. The van der Waals surface area contributed by atoms with Gasteiger partial charge in [-0.15, -0.1) is 11.3 Å². The summed E-state index contributed by atoms with van der Waals surface area (Å²) in [5.41, 5.74) is 0.862. The Morgan fingerprint density at radius 3 is 2.89 bits per heavy atom. The van der Waals surface area contributed by atoms with Crippen molar-refractivity contribution in [2.75, 3.05) is 0 Å². The average Bonchev–Trinajstić information content (AvgIpc) is 2.81. The van der Waals surface area contributed by atoms with Crippen molar-refractivity contribution >= 4 is 23.3 Å². The van der Waals surface area contributed by atoms with Crippen LogP contribution in [-0.2, 0) is 6.61 Å². The molecule has 0 fully saturated rings. The molecule has 0 amide bonds. The highest BCUT2D eigenvalue weighted by Gasteiger charge is 2.16. The summed E-state index contributed by atoms with van der Waals surface area (Å²) < 4.78 is 5.38. The van der Waals surface area contributed by atoms with E-state index in [1.54, 1.807) is 0 Å². The third-order valence-corrected chi connectivity index (χ3v) is 3.18. The summed E-state index contributed by atoms with van der Waals surface area (Å²) in [5, 5.41) is 13.6. The summed E-state index contributed by atoms with van der Waals surface area (Å²) in [6, 6.07) is 3.99. The Labute approximate surface area is 112 Å². The number of nitro groups is 1. The maximum atomic E-state index is 10.9. The van der Waals surface area contributed by atoms with Gasteiger partial charge in [0.1, 0.15) is 12.9 Å². The molecule has 19 heavy (non-hydrogen) atoms. The summed E-state index contributed by atoms with van der Waals surface area (Å²) in [4.78, 5) is 25.2. The van der Waals surface area contributed by atoms with E-state index in [1.807, 2.05) is 12.3 Å². The number of aldehydes is 1. The zero-order valence-corrected chi connectivity index (χ0v) is 10.8. The van der Waals surface area contributed by atoms with Crippen molar-refractivity contribution in [1.82, 2.24) is 4.98 Å². The maximum absolute atomic E-state index is 10.9. The number of carbonyl (C=O) groups is 1. The lowest BCUT2D eigenvalue weighted by molar-refractivity contribution is -0.385. The van der Waals surface area contributed by atoms with Crippen LogP contribution < -0.4 is 4.74 Å². The molecule has 0 aliphatic rings. The fourth-order valence-electron chi connectivity index (χ4n) is 1.50. The van der Waals surface area contributed by atoms with Crippen LogP contribution in [-0.4, -0.2) is 16.2 Å². The molecule has 0 N–H and O–H groups in total. The summed E-state index contributed by atoms with van der Waals surface area (Å²) >= 11 is 1.48. The van der Waals surface area contributed by atoms with E-state index in [-0.39, 0.29) is 18.0 Å². The molecule has 2 aromatic rings. The van der Waals surface area contributed by atoms with Crippen molar-refractivity contribution < 1.29 is 14.5 Å². The number of benzene rings is 1. The lowest BCUT2D eigenvalue weighted by Crippen LogP contribution is -2.00. The van der Waals surface area contributed by atoms with Gasteiger partial charge in [0.05, 0.1) is 15.6 Å². The quantitative estimate of drug-likeness (QED) is 0.477. The molecule has 0 aliphatic carbocycles. The molecular weight excluding hydrogens is 268 g/mol. The van der Waals surface area contributed by atoms with Crippen LogP contribution in [0.1, 0.15) is 21.1 Å². The summed E-state index contributed by atoms with van der Waals surface area (Å²) in [6.07, 6.45) is 0.615. The topological polar surface area (TPSA) is 82.3 Å². The molecule has 0 saturated carbocycles. The fraction of sp³-hybridized carbons (Fsp3) is 0.167. The number of thiazole rings is 1. The van der Waals surface area contributed by atoms with Gasteiger partial charge in [0.2, 0.25) is 0 Å². The fourth-order valence-corrected chi connectivity index (χ4v) is 2.09. The number of nitro benzene ring substituents is 1.